The molecule has 6 rings (SSSR count). The second kappa shape index (κ2) is 8.70. The highest BCUT2D eigenvalue weighted by Gasteiger charge is 2.42. The molecule has 2 aliphatic rings. The van der Waals surface area contributed by atoms with Crippen LogP contribution in [0.3, 0.4) is 0 Å². The summed E-state index contributed by atoms with van der Waals surface area (Å²) in [5.41, 5.74) is 2.31. The van der Waals surface area contributed by atoms with Crippen LogP contribution in [0.5, 0.6) is 0 Å². The number of anilines is 3. The van der Waals surface area contributed by atoms with E-state index in [1.54, 1.807) is 40.3 Å². The average molecular weight is 496 g/mol. The summed E-state index contributed by atoms with van der Waals surface area (Å²) in [6, 6.07) is 3.78. The van der Waals surface area contributed by atoms with Crippen molar-refractivity contribution in [1.29, 1.82) is 0 Å². The Balaban J connectivity index is 1.44. The van der Waals surface area contributed by atoms with Crippen LogP contribution in [0.15, 0.2) is 43.0 Å². The van der Waals surface area contributed by atoms with Gasteiger partial charge in [-0.2, -0.15) is 18.3 Å². The molecule has 9 nitrogen and oxygen atoms in total. The molecule has 4 aromatic heterocycles. The maximum absolute atomic E-state index is 13.6. The van der Waals surface area contributed by atoms with Gasteiger partial charge in [0.1, 0.15) is 17.7 Å². The normalized spacial score (nSPS) is 18.6. The van der Waals surface area contributed by atoms with E-state index in [2.05, 4.69) is 25.7 Å². The van der Waals surface area contributed by atoms with Crippen LogP contribution in [0.2, 0.25) is 0 Å². The van der Waals surface area contributed by atoms with E-state index >= 15 is 0 Å². The van der Waals surface area contributed by atoms with Crippen LogP contribution in [0.25, 0.3) is 22.3 Å². The lowest BCUT2D eigenvalue weighted by Gasteiger charge is -2.36. The highest BCUT2D eigenvalue weighted by molar-refractivity contribution is 5.94. The van der Waals surface area contributed by atoms with Crippen LogP contribution in [-0.4, -0.2) is 61.6 Å². The third-order valence-corrected chi connectivity index (χ3v) is 6.49. The first-order valence-corrected chi connectivity index (χ1v) is 11.8. The predicted octanol–water partition coefficient (Wildman–Crippen LogP) is 3.78. The zero-order valence-electron chi connectivity index (χ0n) is 19.5. The van der Waals surface area contributed by atoms with Crippen molar-refractivity contribution in [3.63, 3.8) is 0 Å². The lowest BCUT2D eigenvalue weighted by molar-refractivity contribution is -0.155. The summed E-state index contributed by atoms with van der Waals surface area (Å²) in [6.45, 7) is 0.403. The van der Waals surface area contributed by atoms with Crippen LogP contribution in [0.1, 0.15) is 24.3 Å². The molecule has 0 spiro atoms. The quantitative estimate of drug-likeness (QED) is 0.432. The monoisotopic (exact) mass is 495 g/mol. The third kappa shape index (κ3) is 4.43. The molecular formula is C24H24F3N9. The fraction of sp³-hybridized carbons (Fsp3) is 0.375. The van der Waals surface area contributed by atoms with Gasteiger partial charge in [-0.15, -0.1) is 0 Å². The maximum atomic E-state index is 13.6. The fourth-order valence-corrected chi connectivity index (χ4v) is 4.56. The van der Waals surface area contributed by atoms with Crippen molar-refractivity contribution in [1.82, 2.24) is 35.0 Å². The molecule has 0 unspecified atom stereocenters. The Hall–Kier alpha value is -3.80. The van der Waals surface area contributed by atoms with Crippen LogP contribution in [-0.2, 0) is 7.05 Å². The number of rotatable bonds is 5. The average Bonchev–Trinajstić information content (AvgIpc) is 3.64. The van der Waals surface area contributed by atoms with Gasteiger partial charge in [0.05, 0.1) is 11.7 Å². The topological polar surface area (TPSA) is 96.7 Å². The molecule has 2 fully saturated rings. The summed E-state index contributed by atoms with van der Waals surface area (Å²) in [6.07, 6.45) is 4.63. The minimum absolute atomic E-state index is 0.211. The zero-order chi connectivity index (χ0) is 24.9. The molecule has 1 atom stereocenters. The Morgan fingerprint density at radius 3 is 2.72 bits per heavy atom. The second-order valence-corrected chi connectivity index (χ2v) is 9.19. The third-order valence-electron chi connectivity index (χ3n) is 6.49. The Labute approximate surface area is 204 Å². The maximum Gasteiger partial charge on any atom is 0.405 e. The first-order valence-electron chi connectivity index (χ1n) is 11.8. The molecule has 12 heteroatoms. The molecule has 0 bridgehead atoms. The standard InChI is InChI=1S/C24H24F3N9/c1-35-8-5-19(34-35)32-20-10-15(4-6-30-20)22-31-17-12-28-11-16(14-2-3-14)21(17)23(33-22)36-9-7-29-18(13-36)24(25,26)27/h4-6,8,10-12,14,18,29H,2-3,7,9,13H2,1H3,(H,30,32,34)/t18-/m1/s1. The highest BCUT2D eigenvalue weighted by Crippen LogP contribution is 2.45. The number of alkyl halides is 3. The molecule has 4 aromatic rings. The van der Waals surface area contributed by atoms with Crippen LogP contribution >= 0.6 is 0 Å². The molecule has 0 amide bonds. The van der Waals surface area contributed by atoms with Gasteiger partial charge in [-0.3, -0.25) is 9.67 Å². The van der Waals surface area contributed by atoms with E-state index in [1.807, 2.05) is 19.3 Å². The van der Waals surface area contributed by atoms with Crippen molar-refractivity contribution in [3.8, 4) is 11.4 Å². The smallest absolute Gasteiger partial charge is 0.353 e. The zero-order valence-corrected chi connectivity index (χ0v) is 19.5. The van der Waals surface area contributed by atoms with E-state index in [0.717, 1.165) is 23.8 Å². The minimum atomic E-state index is -4.34. The largest absolute Gasteiger partial charge is 0.405 e. The van der Waals surface area contributed by atoms with Gasteiger partial charge in [-0.25, -0.2) is 15.0 Å². The molecule has 1 aliphatic carbocycles. The SMILES string of the molecule is Cn1ccc(Nc2cc(-c3nc(N4CCN[C@@H](C(F)(F)F)C4)c4c(C5CC5)cncc4n3)ccn2)n1. The molecule has 2 N–H and O–H groups in total. The van der Waals surface area contributed by atoms with Crippen molar-refractivity contribution in [2.24, 2.45) is 7.05 Å². The van der Waals surface area contributed by atoms with Gasteiger partial charge in [0, 0.05) is 62.3 Å². The molecule has 36 heavy (non-hydrogen) atoms. The van der Waals surface area contributed by atoms with E-state index in [9.17, 15) is 13.2 Å². The van der Waals surface area contributed by atoms with Crippen molar-refractivity contribution in [2.75, 3.05) is 29.9 Å². The van der Waals surface area contributed by atoms with E-state index in [0.29, 0.717) is 46.8 Å². The Bertz CT molecular complexity index is 1410. The highest BCUT2D eigenvalue weighted by atomic mass is 19.4. The first-order chi connectivity index (χ1) is 17.3. The Kier molecular flexibility index (Phi) is 5.47. The summed E-state index contributed by atoms with van der Waals surface area (Å²) in [5, 5.41) is 10.8. The summed E-state index contributed by atoms with van der Waals surface area (Å²) in [4.78, 5) is 20.1. The molecule has 0 radical (unpaired) electrons. The minimum Gasteiger partial charge on any atom is -0.353 e. The first kappa shape index (κ1) is 22.7. The summed E-state index contributed by atoms with van der Waals surface area (Å²) >= 11 is 0. The van der Waals surface area contributed by atoms with Crippen molar-refractivity contribution < 1.29 is 13.2 Å². The summed E-state index contributed by atoms with van der Waals surface area (Å²) < 4.78 is 42.4. The second-order valence-electron chi connectivity index (χ2n) is 9.19. The van der Waals surface area contributed by atoms with E-state index < -0.39 is 12.2 Å². The van der Waals surface area contributed by atoms with E-state index in [-0.39, 0.29) is 13.1 Å². The number of nitrogens with one attached hydrogen (secondary N) is 2. The van der Waals surface area contributed by atoms with Crippen molar-refractivity contribution in [2.45, 2.75) is 31.0 Å². The summed E-state index contributed by atoms with van der Waals surface area (Å²) in [7, 11) is 1.82. The molecule has 1 saturated heterocycles. The Morgan fingerprint density at radius 2 is 1.97 bits per heavy atom. The van der Waals surface area contributed by atoms with Crippen LogP contribution in [0.4, 0.5) is 30.6 Å². The van der Waals surface area contributed by atoms with Crippen LogP contribution in [0, 0.1) is 0 Å². The number of hydrogen-bond donors (Lipinski definition) is 2. The molecule has 186 valence electrons. The van der Waals surface area contributed by atoms with Gasteiger partial charge < -0.3 is 15.5 Å². The van der Waals surface area contributed by atoms with Gasteiger partial charge >= 0.3 is 6.18 Å². The number of aryl methyl sites for hydroxylation is 1. The Morgan fingerprint density at radius 1 is 1.11 bits per heavy atom. The molecule has 5 heterocycles. The molecule has 1 aliphatic heterocycles. The van der Waals surface area contributed by atoms with Gasteiger partial charge in [-0.1, -0.05) is 0 Å². The number of aromatic nitrogens is 6. The summed E-state index contributed by atoms with van der Waals surface area (Å²) in [5.74, 6) is 2.46. The van der Waals surface area contributed by atoms with Crippen molar-refractivity contribution >= 4 is 28.4 Å². The number of piperazine rings is 1. The van der Waals surface area contributed by atoms with E-state index in [4.69, 9.17) is 9.97 Å². The van der Waals surface area contributed by atoms with Crippen molar-refractivity contribution in [3.05, 3.63) is 48.5 Å². The molecule has 1 saturated carbocycles. The van der Waals surface area contributed by atoms with Gasteiger partial charge in [0.2, 0.25) is 0 Å². The fourth-order valence-electron chi connectivity index (χ4n) is 4.56. The lowest BCUT2D eigenvalue weighted by atomic mass is 10.1. The van der Waals surface area contributed by atoms with Gasteiger partial charge in [0.25, 0.3) is 0 Å². The lowest BCUT2D eigenvalue weighted by Crippen LogP contribution is -2.57. The number of halogens is 3. The number of pyridine rings is 2. The molecule has 0 aromatic carbocycles. The molecular weight excluding hydrogens is 471 g/mol. The van der Waals surface area contributed by atoms with E-state index in [1.165, 1.54) is 0 Å². The predicted molar refractivity (Wildman–Crippen MR) is 129 cm³/mol. The van der Waals surface area contributed by atoms with Gasteiger partial charge in [-0.05, 0) is 36.5 Å². The number of fused-ring (bicyclic) bond motifs is 1. The number of hydrogen-bond acceptors (Lipinski definition) is 8. The van der Waals surface area contributed by atoms with Crippen LogP contribution < -0.4 is 15.5 Å². The number of nitrogens with zero attached hydrogens (tertiary/aromatic N) is 7. The van der Waals surface area contributed by atoms with Gasteiger partial charge in [0.15, 0.2) is 11.6 Å².